The second-order valence-corrected chi connectivity index (χ2v) is 6.00. The summed E-state index contributed by atoms with van der Waals surface area (Å²) in [5, 5.41) is 4.26. The number of aromatic nitrogens is 3. The summed E-state index contributed by atoms with van der Waals surface area (Å²) in [6, 6.07) is 22.3. The highest BCUT2D eigenvalue weighted by molar-refractivity contribution is 5.53. The second-order valence-electron chi connectivity index (χ2n) is 6.00. The number of benzene rings is 2. The third-order valence-electron chi connectivity index (χ3n) is 4.24. The smallest absolute Gasteiger partial charge is 0.259 e. The molecule has 0 bridgehead atoms. The monoisotopic (exact) mass is 342 g/mol. The van der Waals surface area contributed by atoms with E-state index in [2.05, 4.69) is 39.4 Å². The van der Waals surface area contributed by atoms with Crippen molar-refractivity contribution in [2.45, 2.75) is 12.5 Å². The van der Waals surface area contributed by atoms with E-state index in [9.17, 15) is 0 Å². The molecule has 0 saturated carbocycles. The standard InChI is InChI=1S/C21H18N4O/c22-12-15-11-18(14-23-13-15)21-24-20(25-26-21)19(16-7-3-1-4-8-16)17-9-5-2-6-10-17/h1-11,13-14,19H,12,22H2. The van der Waals surface area contributed by atoms with Crippen LogP contribution in [0, 0.1) is 0 Å². The van der Waals surface area contributed by atoms with E-state index in [1.54, 1.807) is 12.4 Å². The zero-order valence-electron chi connectivity index (χ0n) is 14.1. The van der Waals surface area contributed by atoms with Crippen LogP contribution in [-0.2, 0) is 6.54 Å². The topological polar surface area (TPSA) is 77.8 Å². The van der Waals surface area contributed by atoms with Crippen LogP contribution in [-0.4, -0.2) is 15.1 Å². The van der Waals surface area contributed by atoms with Crippen LogP contribution in [0.25, 0.3) is 11.5 Å². The van der Waals surface area contributed by atoms with Gasteiger partial charge in [-0.05, 0) is 22.8 Å². The Morgan fingerprint density at radius 2 is 1.54 bits per heavy atom. The molecule has 0 fully saturated rings. The molecule has 26 heavy (non-hydrogen) atoms. The molecule has 0 atom stereocenters. The molecule has 0 saturated heterocycles. The second kappa shape index (κ2) is 7.29. The van der Waals surface area contributed by atoms with Crippen LogP contribution in [0.3, 0.4) is 0 Å². The summed E-state index contributed by atoms with van der Waals surface area (Å²) in [4.78, 5) is 8.84. The first kappa shape index (κ1) is 16.2. The minimum Gasteiger partial charge on any atom is -0.334 e. The lowest BCUT2D eigenvalue weighted by atomic mass is 9.91. The Balaban J connectivity index is 1.77. The third kappa shape index (κ3) is 3.25. The van der Waals surface area contributed by atoms with Crippen LogP contribution in [0.4, 0.5) is 0 Å². The van der Waals surface area contributed by atoms with Gasteiger partial charge in [-0.1, -0.05) is 65.8 Å². The van der Waals surface area contributed by atoms with Gasteiger partial charge in [-0.25, -0.2) is 0 Å². The molecule has 5 nitrogen and oxygen atoms in total. The molecule has 0 amide bonds. The molecule has 0 aliphatic carbocycles. The summed E-state index contributed by atoms with van der Waals surface area (Å²) in [7, 11) is 0. The predicted molar refractivity (Wildman–Crippen MR) is 99.2 cm³/mol. The fraction of sp³-hybridized carbons (Fsp3) is 0.0952. The molecular weight excluding hydrogens is 324 g/mol. The van der Waals surface area contributed by atoms with Gasteiger partial charge in [0.2, 0.25) is 0 Å². The van der Waals surface area contributed by atoms with Gasteiger partial charge < -0.3 is 10.3 Å². The maximum Gasteiger partial charge on any atom is 0.259 e. The molecule has 2 aromatic heterocycles. The highest BCUT2D eigenvalue weighted by Gasteiger charge is 2.22. The molecule has 4 aromatic rings. The van der Waals surface area contributed by atoms with Gasteiger partial charge >= 0.3 is 0 Å². The number of pyridine rings is 1. The van der Waals surface area contributed by atoms with E-state index in [0.717, 1.165) is 22.3 Å². The van der Waals surface area contributed by atoms with Crippen molar-refractivity contribution in [2.24, 2.45) is 5.73 Å². The Bertz CT molecular complexity index is 944. The highest BCUT2D eigenvalue weighted by atomic mass is 16.5. The molecule has 4 rings (SSSR count). The van der Waals surface area contributed by atoms with E-state index in [0.29, 0.717) is 18.3 Å². The van der Waals surface area contributed by atoms with E-state index < -0.39 is 0 Å². The van der Waals surface area contributed by atoms with Crippen molar-refractivity contribution in [2.75, 3.05) is 0 Å². The molecule has 0 aliphatic heterocycles. The van der Waals surface area contributed by atoms with Crippen molar-refractivity contribution < 1.29 is 4.52 Å². The van der Waals surface area contributed by atoms with E-state index in [1.165, 1.54) is 0 Å². The van der Waals surface area contributed by atoms with Gasteiger partial charge in [0.1, 0.15) is 0 Å². The van der Waals surface area contributed by atoms with Gasteiger partial charge in [-0.2, -0.15) is 4.98 Å². The number of hydrogen-bond acceptors (Lipinski definition) is 5. The molecule has 0 aliphatic rings. The largest absolute Gasteiger partial charge is 0.334 e. The van der Waals surface area contributed by atoms with E-state index in [-0.39, 0.29) is 5.92 Å². The fourth-order valence-electron chi connectivity index (χ4n) is 2.97. The Morgan fingerprint density at radius 3 is 2.15 bits per heavy atom. The Labute approximate surface area is 151 Å². The van der Waals surface area contributed by atoms with Crippen molar-refractivity contribution in [3.05, 3.63) is 102 Å². The van der Waals surface area contributed by atoms with Crippen molar-refractivity contribution in [3.8, 4) is 11.5 Å². The molecule has 0 radical (unpaired) electrons. The maximum absolute atomic E-state index is 5.70. The molecular formula is C21H18N4O. The van der Waals surface area contributed by atoms with Crippen molar-refractivity contribution in [1.82, 2.24) is 15.1 Å². The van der Waals surface area contributed by atoms with Gasteiger partial charge in [-0.3, -0.25) is 4.98 Å². The van der Waals surface area contributed by atoms with Gasteiger partial charge in [0.25, 0.3) is 5.89 Å². The van der Waals surface area contributed by atoms with Gasteiger partial charge in [0.05, 0.1) is 11.5 Å². The van der Waals surface area contributed by atoms with Crippen LogP contribution in [0.1, 0.15) is 28.4 Å². The van der Waals surface area contributed by atoms with Crippen LogP contribution in [0.2, 0.25) is 0 Å². The van der Waals surface area contributed by atoms with E-state index >= 15 is 0 Å². The summed E-state index contributed by atoms with van der Waals surface area (Å²) in [5.41, 5.74) is 9.61. The van der Waals surface area contributed by atoms with Gasteiger partial charge in [0, 0.05) is 18.9 Å². The summed E-state index contributed by atoms with van der Waals surface area (Å²) in [6.07, 6.45) is 3.44. The zero-order chi connectivity index (χ0) is 17.8. The summed E-state index contributed by atoms with van der Waals surface area (Å²) < 4.78 is 5.53. The lowest BCUT2D eigenvalue weighted by Gasteiger charge is -2.14. The van der Waals surface area contributed by atoms with Crippen LogP contribution < -0.4 is 5.73 Å². The van der Waals surface area contributed by atoms with Crippen molar-refractivity contribution in [3.63, 3.8) is 0 Å². The third-order valence-corrected chi connectivity index (χ3v) is 4.24. The van der Waals surface area contributed by atoms with Crippen LogP contribution >= 0.6 is 0 Å². The average molecular weight is 342 g/mol. The first-order chi connectivity index (χ1) is 12.8. The predicted octanol–water partition coefficient (Wildman–Crippen LogP) is 3.77. The fourth-order valence-corrected chi connectivity index (χ4v) is 2.97. The molecule has 2 N–H and O–H groups in total. The SMILES string of the molecule is NCc1cncc(-c2nc(C(c3ccccc3)c3ccccc3)no2)c1. The first-order valence-electron chi connectivity index (χ1n) is 8.43. The zero-order valence-corrected chi connectivity index (χ0v) is 14.1. The van der Waals surface area contributed by atoms with Crippen molar-refractivity contribution >= 4 is 0 Å². The summed E-state index contributed by atoms with van der Waals surface area (Å²) >= 11 is 0. The summed E-state index contributed by atoms with van der Waals surface area (Å²) in [6.45, 7) is 0.415. The highest BCUT2D eigenvalue weighted by Crippen LogP contribution is 2.31. The lowest BCUT2D eigenvalue weighted by Crippen LogP contribution is -2.05. The number of hydrogen-bond donors (Lipinski definition) is 1. The molecule has 5 heteroatoms. The first-order valence-corrected chi connectivity index (χ1v) is 8.43. The Kier molecular flexibility index (Phi) is 4.53. The molecule has 0 spiro atoms. The molecule has 0 unspecified atom stereocenters. The quantitative estimate of drug-likeness (QED) is 0.597. The van der Waals surface area contributed by atoms with Gasteiger partial charge in [0.15, 0.2) is 5.82 Å². The van der Waals surface area contributed by atoms with Gasteiger partial charge in [-0.15, -0.1) is 0 Å². The minimum atomic E-state index is -0.0967. The normalized spacial score (nSPS) is 11.0. The Hall–Kier alpha value is -3.31. The van der Waals surface area contributed by atoms with E-state index in [4.69, 9.17) is 10.3 Å². The number of nitrogens with zero attached hydrogens (tertiary/aromatic N) is 3. The number of rotatable bonds is 5. The van der Waals surface area contributed by atoms with Crippen LogP contribution in [0.15, 0.2) is 83.6 Å². The minimum absolute atomic E-state index is 0.0967. The molecule has 2 aromatic carbocycles. The van der Waals surface area contributed by atoms with Crippen LogP contribution in [0.5, 0.6) is 0 Å². The lowest BCUT2D eigenvalue weighted by molar-refractivity contribution is 0.421. The Morgan fingerprint density at radius 1 is 0.885 bits per heavy atom. The average Bonchev–Trinajstić information content (AvgIpc) is 3.20. The summed E-state index contributed by atoms with van der Waals surface area (Å²) in [5.74, 6) is 0.968. The number of nitrogens with two attached hydrogens (primary N) is 1. The molecule has 2 heterocycles. The molecule has 128 valence electrons. The maximum atomic E-state index is 5.70. The van der Waals surface area contributed by atoms with Crippen molar-refractivity contribution in [1.29, 1.82) is 0 Å². The van der Waals surface area contributed by atoms with E-state index in [1.807, 2.05) is 42.5 Å².